The molecule has 1 spiro atoms. The number of likely N-dealkylation sites (tertiary alicyclic amines) is 1. The third-order valence-corrected chi connectivity index (χ3v) is 8.43. The van der Waals surface area contributed by atoms with Gasteiger partial charge >= 0.3 is 0 Å². The van der Waals surface area contributed by atoms with Gasteiger partial charge in [-0.2, -0.15) is 0 Å². The number of methoxy groups -OCH3 is 1. The molecule has 5 heterocycles. The number of hydrogen-bond donors (Lipinski definition) is 2. The average molecular weight is 572 g/mol. The van der Waals surface area contributed by atoms with E-state index in [1.165, 1.54) is 31.3 Å². The quantitative estimate of drug-likeness (QED) is 0.249. The summed E-state index contributed by atoms with van der Waals surface area (Å²) in [5, 5.41) is 5.05. The Balaban J connectivity index is 0.000000470. The number of H-pyrrole nitrogens is 1. The number of piperidine rings is 1. The van der Waals surface area contributed by atoms with Gasteiger partial charge in [0.25, 0.3) is 0 Å². The van der Waals surface area contributed by atoms with Crippen LogP contribution in [0.5, 0.6) is 23.1 Å². The summed E-state index contributed by atoms with van der Waals surface area (Å²) in [5.74, 6) is 2.53. The number of hydrogen-bond acceptors (Lipinski definition) is 8. The van der Waals surface area contributed by atoms with Crippen molar-refractivity contribution in [1.82, 2.24) is 25.2 Å². The third-order valence-electron chi connectivity index (χ3n) is 8.43. The van der Waals surface area contributed by atoms with Gasteiger partial charge in [-0.25, -0.2) is 9.97 Å². The first kappa shape index (κ1) is 28.3. The Morgan fingerprint density at radius 1 is 1.02 bits per heavy atom. The molecule has 0 bridgehead atoms. The summed E-state index contributed by atoms with van der Waals surface area (Å²) in [6, 6.07) is 11.8. The third kappa shape index (κ3) is 6.47. The van der Waals surface area contributed by atoms with E-state index in [-0.39, 0.29) is 0 Å². The Morgan fingerprint density at radius 2 is 1.88 bits per heavy atom. The molecule has 3 aliphatic rings. The molecule has 0 amide bonds. The lowest BCUT2D eigenvalue weighted by molar-refractivity contribution is -0.139. The summed E-state index contributed by atoms with van der Waals surface area (Å²) in [6.07, 6.45) is 8.39. The van der Waals surface area contributed by atoms with Gasteiger partial charge < -0.3 is 34.1 Å². The van der Waals surface area contributed by atoms with Gasteiger partial charge in [0.1, 0.15) is 12.1 Å². The molecule has 9 nitrogen and oxygen atoms in total. The SMILES string of the molecule is CC1=CCCN1.COc1cc2c(Oc3ccc4[nH]c(C)cc4c3)ncnc2cc1OCCCN1CCC2(CC1)COC2. The van der Waals surface area contributed by atoms with Crippen molar-refractivity contribution in [3.8, 4) is 23.1 Å². The minimum absolute atomic E-state index is 0.476. The van der Waals surface area contributed by atoms with Crippen LogP contribution in [-0.4, -0.2) is 73.0 Å². The van der Waals surface area contributed by atoms with E-state index in [1.54, 1.807) is 7.11 Å². The van der Waals surface area contributed by atoms with Crippen LogP contribution in [0.15, 0.2) is 54.5 Å². The lowest BCUT2D eigenvalue weighted by Gasteiger charge is -2.47. The summed E-state index contributed by atoms with van der Waals surface area (Å²) in [6.45, 7) is 11.1. The van der Waals surface area contributed by atoms with Gasteiger partial charge in [-0.3, -0.25) is 0 Å². The zero-order valence-corrected chi connectivity index (χ0v) is 24.9. The Labute approximate surface area is 247 Å². The fraction of sp³-hybridized carbons (Fsp3) is 0.455. The molecule has 0 radical (unpaired) electrons. The fourth-order valence-corrected chi connectivity index (χ4v) is 5.86. The smallest absolute Gasteiger partial charge is 0.230 e. The number of aromatic nitrogens is 3. The van der Waals surface area contributed by atoms with Crippen LogP contribution >= 0.6 is 0 Å². The number of ether oxygens (including phenoxy) is 4. The van der Waals surface area contributed by atoms with Gasteiger partial charge in [-0.05, 0) is 83.0 Å². The van der Waals surface area contributed by atoms with Gasteiger partial charge in [0.2, 0.25) is 5.88 Å². The van der Waals surface area contributed by atoms with Crippen LogP contribution in [0.2, 0.25) is 0 Å². The zero-order valence-electron chi connectivity index (χ0n) is 24.9. The highest BCUT2D eigenvalue weighted by molar-refractivity contribution is 5.87. The molecule has 42 heavy (non-hydrogen) atoms. The molecule has 222 valence electrons. The summed E-state index contributed by atoms with van der Waals surface area (Å²) in [5.41, 5.74) is 4.74. The fourth-order valence-electron chi connectivity index (χ4n) is 5.86. The molecule has 0 unspecified atom stereocenters. The lowest BCUT2D eigenvalue weighted by Crippen LogP contribution is -2.51. The van der Waals surface area contributed by atoms with E-state index in [0.29, 0.717) is 35.2 Å². The van der Waals surface area contributed by atoms with Gasteiger partial charge in [0.15, 0.2) is 11.5 Å². The van der Waals surface area contributed by atoms with Crippen molar-refractivity contribution in [2.75, 3.05) is 53.1 Å². The number of nitrogens with zero attached hydrogens (tertiary/aromatic N) is 3. The van der Waals surface area contributed by atoms with Crippen molar-refractivity contribution in [3.63, 3.8) is 0 Å². The van der Waals surface area contributed by atoms with Crippen molar-refractivity contribution >= 4 is 21.8 Å². The molecular formula is C33H41N5O4. The zero-order chi connectivity index (χ0) is 28.9. The number of fused-ring (bicyclic) bond motifs is 2. The van der Waals surface area contributed by atoms with E-state index in [0.717, 1.165) is 73.3 Å². The normalized spacial score (nSPS) is 17.7. The van der Waals surface area contributed by atoms with E-state index in [4.69, 9.17) is 18.9 Å². The molecule has 9 heteroatoms. The summed E-state index contributed by atoms with van der Waals surface area (Å²) in [4.78, 5) is 14.7. The van der Waals surface area contributed by atoms with Crippen molar-refractivity contribution in [2.45, 2.75) is 39.5 Å². The van der Waals surface area contributed by atoms with Crippen LogP contribution in [0.4, 0.5) is 0 Å². The molecule has 2 aromatic carbocycles. The highest BCUT2D eigenvalue weighted by Crippen LogP contribution is 2.39. The number of allylic oxidation sites excluding steroid dienone is 1. The lowest BCUT2D eigenvalue weighted by atomic mass is 9.77. The van der Waals surface area contributed by atoms with Crippen LogP contribution < -0.4 is 19.5 Å². The second-order valence-corrected chi connectivity index (χ2v) is 11.6. The maximum Gasteiger partial charge on any atom is 0.230 e. The first-order valence-electron chi connectivity index (χ1n) is 14.9. The van der Waals surface area contributed by atoms with Crippen molar-refractivity contribution in [1.29, 1.82) is 0 Å². The molecule has 2 saturated heterocycles. The van der Waals surface area contributed by atoms with E-state index in [1.807, 2.05) is 37.3 Å². The highest BCUT2D eigenvalue weighted by atomic mass is 16.5. The van der Waals surface area contributed by atoms with Crippen molar-refractivity contribution in [2.24, 2.45) is 5.41 Å². The molecule has 7 rings (SSSR count). The van der Waals surface area contributed by atoms with Crippen LogP contribution in [0, 0.1) is 12.3 Å². The van der Waals surface area contributed by atoms with Crippen molar-refractivity contribution < 1.29 is 18.9 Å². The van der Waals surface area contributed by atoms with Crippen molar-refractivity contribution in [3.05, 3.63) is 60.2 Å². The molecule has 0 saturated carbocycles. The van der Waals surface area contributed by atoms with Gasteiger partial charge in [0, 0.05) is 46.9 Å². The van der Waals surface area contributed by atoms with Crippen LogP contribution in [0.1, 0.15) is 38.3 Å². The molecule has 0 aliphatic carbocycles. The summed E-state index contributed by atoms with van der Waals surface area (Å²) < 4.78 is 23.4. The van der Waals surface area contributed by atoms with Crippen LogP contribution in [0.3, 0.4) is 0 Å². The second-order valence-electron chi connectivity index (χ2n) is 11.6. The van der Waals surface area contributed by atoms with E-state index in [9.17, 15) is 0 Å². The average Bonchev–Trinajstić information content (AvgIpc) is 3.62. The highest BCUT2D eigenvalue weighted by Gasteiger charge is 2.40. The standard InChI is InChI=1S/C28H32N4O4.C5H9N/c1-19-12-20-13-21(4-5-23(20)31-19)36-27-22-14-25(33-2)26(15-24(22)29-18-30-27)35-11-3-8-32-9-6-28(7-10-32)16-34-17-28;1-5-3-2-4-6-5/h4-5,12-15,18,31H,3,6-11,16-17H2,1-2H3;3,6H,2,4H2,1H3. The summed E-state index contributed by atoms with van der Waals surface area (Å²) >= 11 is 0. The predicted octanol–water partition coefficient (Wildman–Crippen LogP) is 5.99. The number of benzene rings is 2. The minimum Gasteiger partial charge on any atom is -0.493 e. The van der Waals surface area contributed by atoms with Gasteiger partial charge in [-0.1, -0.05) is 6.08 Å². The molecule has 2 aromatic heterocycles. The Hall–Kier alpha value is -3.82. The maximum absolute atomic E-state index is 6.17. The predicted molar refractivity (Wildman–Crippen MR) is 165 cm³/mol. The molecule has 2 fully saturated rings. The number of aromatic amines is 1. The number of aryl methyl sites for hydroxylation is 1. The van der Waals surface area contributed by atoms with Crippen LogP contribution in [-0.2, 0) is 4.74 Å². The van der Waals surface area contributed by atoms with Crippen LogP contribution in [0.25, 0.3) is 21.8 Å². The maximum atomic E-state index is 6.17. The molecule has 4 aromatic rings. The van der Waals surface area contributed by atoms with E-state index in [2.05, 4.69) is 44.2 Å². The Bertz CT molecular complexity index is 1550. The monoisotopic (exact) mass is 571 g/mol. The van der Waals surface area contributed by atoms with E-state index >= 15 is 0 Å². The van der Waals surface area contributed by atoms with Gasteiger partial charge in [-0.15, -0.1) is 0 Å². The minimum atomic E-state index is 0.476. The first-order valence-corrected chi connectivity index (χ1v) is 14.9. The molecular weight excluding hydrogens is 530 g/mol. The molecule has 2 N–H and O–H groups in total. The first-order chi connectivity index (χ1) is 20.5. The largest absolute Gasteiger partial charge is 0.493 e. The Morgan fingerprint density at radius 3 is 2.57 bits per heavy atom. The van der Waals surface area contributed by atoms with Gasteiger partial charge in [0.05, 0.1) is 37.8 Å². The topological polar surface area (TPSA) is 93.8 Å². The number of nitrogens with one attached hydrogen (secondary N) is 2. The second kappa shape index (κ2) is 12.6. The summed E-state index contributed by atoms with van der Waals surface area (Å²) in [7, 11) is 1.65. The molecule has 3 aliphatic heterocycles. The Kier molecular flexibility index (Phi) is 8.48. The molecule has 0 atom stereocenters. The van der Waals surface area contributed by atoms with E-state index < -0.39 is 0 Å². The number of rotatable bonds is 8.